The van der Waals surface area contributed by atoms with Crippen LogP contribution in [0.5, 0.6) is 0 Å². The van der Waals surface area contributed by atoms with E-state index in [2.05, 4.69) is 21.7 Å². The van der Waals surface area contributed by atoms with E-state index < -0.39 is 5.97 Å². The molecule has 0 aliphatic rings. The van der Waals surface area contributed by atoms with E-state index in [1.165, 1.54) is 0 Å². The molecule has 29 heavy (non-hydrogen) atoms. The summed E-state index contributed by atoms with van der Waals surface area (Å²) < 4.78 is 7.35. The fraction of sp³-hybridized carbons (Fsp3) is 0.125. The molecule has 0 bridgehead atoms. The number of hydrogen-bond acceptors (Lipinski definition) is 4. The lowest BCUT2D eigenvalue weighted by Crippen LogP contribution is -2.08. The molecule has 0 saturated heterocycles. The Labute approximate surface area is 167 Å². The van der Waals surface area contributed by atoms with Gasteiger partial charge in [0.25, 0.3) is 0 Å². The number of rotatable bonds is 3. The van der Waals surface area contributed by atoms with Crippen molar-refractivity contribution in [3.05, 3.63) is 72.6 Å². The van der Waals surface area contributed by atoms with Crippen molar-refractivity contribution in [2.24, 2.45) is 7.05 Å². The van der Waals surface area contributed by atoms with E-state index in [4.69, 9.17) is 9.72 Å². The third-order valence-corrected chi connectivity index (χ3v) is 5.28. The maximum atomic E-state index is 12.6. The molecule has 5 heteroatoms. The first kappa shape index (κ1) is 17.4. The van der Waals surface area contributed by atoms with Crippen LogP contribution in [0.25, 0.3) is 44.0 Å². The second-order valence-electron chi connectivity index (χ2n) is 6.92. The molecule has 5 nitrogen and oxygen atoms in total. The van der Waals surface area contributed by atoms with Gasteiger partial charge in [0.15, 0.2) is 5.69 Å². The second-order valence-corrected chi connectivity index (χ2v) is 6.92. The molecule has 2 aromatic carbocycles. The third-order valence-electron chi connectivity index (χ3n) is 5.28. The number of pyridine rings is 2. The zero-order valence-corrected chi connectivity index (χ0v) is 16.2. The molecule has 5 rings (SSSR count). The van der Waals surface area contributed by atoms with Crippen LogP contribution in [0.4, 0.5) is 0 Å². The molecule has 0 saturated carbocycles. The highest BCUT2D eigenvalue weighted by Gasteiger charge is 2.20. The maximum Gasteiger partial charge on any atom is 0.357 e. The highest BCUT2D eigenvalue weighted by Crippen LogP contribution is 2.37. The van der Waals surface area contributed by atoms with Crippen molar-refractivity contribution < 1.29 is 9.53 Å². The van der Waals surface area contributed by atoms with E-state index in [-0.39, 0.29) is 0 Å². The summed E-state index contributed by atoms with van der Waals surface area (Å²) in [5.41, 5.74) is 4.94. The minimum absolute atomic E-state index is 0.307. The first-order chi connectivity index (χ1) is 14.2. The fourth-order valence-corrected chi connectivity index (χ4v) is 3.98. The topological polar surface area (TPSA) is 57.0 Å². The number of esters is 1. The summed E-state index contributed by atoms with van der Waals surface area (Å²) in [4.78, 5) is 21.8. The van der Waals surface area contributed by atoms with Crippen molar-refractivity contribution in [1.29, 1.82) is 0 Å². The van der Waals surface area contributed by atoms with Gasteiger partial charge in [0, 0.05) is 40.5 Å². The average Bonchev–Trinajstić information content (AvgIpc) is 3.05. The predicted molar refractivity (Wildman–Crippen MR) is 115 cm³/mol. The summed E-state index contributed by atoms with van der Waals surface area (Å²) >= 11 is 0. The minimum Gasteiger partial charge on any atom is -0.461 e. The monoisotopic (exact) mass is 381 g/mol. The zero-order valence-electron chi connectivity index (χ0n) is 16.2. The van der Waals surface area contributed by atoms with Gasteiger partial charge in [-0.2, -0.15) is 0 Å². The van der Waals surface area contributed by atoms with Gasteiger partial charge in [0.1, 0.15) is 0 Å². The Morgan fingerprint density at radius 3 is 2.59 bits per heavy atom. The van der Waals surface area contributed by atoms with Gasteiger partial charge >= 0.3 is 5.97 Å². The summed E-state index contributed by atoms with van der Waals surface area (Å²) in [6.07, 6.45) is 1.79. The van der Waals surface area contributed by atoms with Crippen LogP contribution in [-0.4, -0.2) is 27.1 Å². The van der Waals surface area contributed by atoms with Crippen LogP contribution in [0.15, 0.2) is 66.9 Å². The van der Waals surface area contributed by atoms with Crippen LogP contribution in [0, 0.1) is 0 Å². The Morgan fingerprint density at radius 1 is 1.00 bits per heavy atom. The van der Waals surface area contributed by atoms with Gasteiger partial charge in [-0.05, 0) is 31.2 Å². The normalized spacial score (nSPS) is 11.4. The van der Waals surface area contributed by atoms with Crippen LogP contribution in [-0.2, 0) is 11.8 Å². The summed E-state index contributed by atoms with van der Waals surface area (Å²) in [5, 5.41) is 3.12. The maximum absolute atomic E-state index is 12.6. The van der Waals surface area contributed by atoms with Gasteiger partial charge in [-0.3, -0.25) is 4.98 Å². The van der Waals surface area contributed by atoms with Gasteiger partial charge in [0.2, 0.25) is 0 Å². The zero-order chi connectivity index (χ0) is 20.0. The van der Waals surface area contributed by atoms with Gasteiger partial charge in [-0.1, -0.05) is 36.4 Å². The largest absolute Gasteiger partial charge is 0.461 e. The number of hydrogen-bond donors (Lipinski definition) is 0. The highest BCUT2D eigenvalue weighted by atomic mass is 16.5. The van der Waals surface area contributed by atoms with Crippen LogP contribution in [0.3, 0.4) is 0 Å². The molecule has 3 aromatic heterocycles. The quantitative estimate of drug-likeness (QED) is 0.407. The molecule has 0 atom stereocenters. The number of fused-ring (bicyclic) bond motifs is 4. The predicted octanol–water partition coefficient (Wildman–Crippen LogP) is 5.12. The van der Waals surface area contributed by atoms with Crippen molar-refractivity contribution in [3.63, 3.8) is 0 Å². The van der Waals surface area contributed by atoms with Crippen molar-refractivity contribution >= 4 is 38.7 Å². The standard InChI is InChI=1S/C24H19N3O2/c1-3-29-24(28)19-14-21-22(17-9-5-7-11-20(17)27(21)2)23(26-19)16-12-13-25-18-10-6-4-8-15(16)18/h4-14H,3H2,1-2H3. The van der Waals surface area contributed by atoms with Gasteiger partial charge in [-0.15, -0.1) is 0 Å². The van der Waals surface area contributed by atoms with Crippen LogP contribution >= 0.6 is 0 Å². The Morgan fingerprint density at radius 2 is 1.76 bits per heavy atom. The molecular weight excluding hydrogens is 362 g/mol. The molecule has 0 N–H and O–H groups in total. The molecule has 3 heterocycles. The van der Waals surface area contributed by atoms with E-state index in [0.29, 0.717) is 12.3 Å². The van der Waals surface area contributed by atoms with E-state index in [0.717, 1.165) is 44.0 Å². The number of para-hydroxylation sites is 2. The van der Waals surface area contributed by atoms with Crippen LogP contribution < -0.4 is 0 Å². The smallest absolute Gasteiger partial charge is 0.357 e. The summed E-state index contributed by atoms with van der Waals surface area (Å²) in [6, 6.07) is 20.0. The van der Waals surface area contributed by atoms with Crippen molar-refractivity contribution in [2.75, 3.05) is 6.61 Å². The van der Waals surface area contributed by atoms with E-state index in [9.17, 15) is 4.79 Å². The Bertz CT molecular complexity index is 1400. The number of nitrogens with zero attached hydrogens (tertiary/aromatic N) is 3. The molecule has 5 aromatic rings. The van der Waals surface area contributed by atoms with Crippen LogP contribution in [0.1, 0.15) is 17.4 Å². The van der Waals surface area contributed by atoms with E-state index >= 15 is 0 Å². The van der Waals surface area contributed by atoms with Crippen molar-refractivity contribution in [1.82, 2.24) is 14.5 Å². The lowest BCUT2D eigenvalue weighted by atomic mass is 10.0. The minimum atomic E-state index is -0.417. The lowest BCUT2D eigenvalue weighted by molar-refractivity contribution is 0.0520. The number of carbonyl (C=O) groups excluding carboxylic acids is 1. The molecule has 0 aliphatic carbocycles. The summed E-state index contributed by atoms with van der Waals surface area (Å²) in [7, 11) is 2.01. The molecule has 0 radical (unpaired) electrons. The average molecular weight is 381 g/mol. The lowest BCUT2D eigenvalue weighted by Gasteiger charge is -2.10. The Hall–Kier alpha value is -3.73. The molecule has 0 unspecified atom stereocenters. The summed E-state index contributed by atoms with van der Waals surface area (Å²) in [5.74, 6) is -0.417. The molecule has 142 valence electrons. The van der Waals surface area contributed by atoms with Crippen molar-refractivity contribution in [3.8, 4) is 11.3 Å². The Balaban J connectivity index is 1.95. The fourth-order valence-electron chi connectivity index (χ4n) is 3.98. The number of aryl methyl sites for hydroxylation is 1. The first-order valence-electron chi connectivity index (χ1n) is 9.58. The van der Waals surface area contributed by atoms with Gasteiger partial charge in [-0.25, -0.2) is 9.78 Å². The molecule has 0 fully saturated rings. The molecule has 0 amide bonds. The molecule has 0 spiro atoms. The SMILES string of the molecule is CCOC(=O)c1cc2c(c(-c3ccnc4ccccc34)n1)c1ccccc1n2C. The number of benzene rings is 2. The summed E-state index contributed by atoms with van der Waals surface area (Å²) in [6.45, 7) is 2.10. The van der Waals surface area contributed by atoms with E-state index in [1.54, 1.807) is 13.1 Å². The molecule has 0 aliphatic heterocycles. The van der Waals surface area contributed by atoms with E-state index in [1.807, 2.05) is 55.6 Å². The molecular formula is C24H19N3O2. The van der Waals surface area contributed by atoms with Crippen molar-refractivity contribution in [2.45, 2.75) is 6.92 Å². The Kier molecular flexibility index (Phi) is 4.02. The van der Waals surface area contributed by atoms with Gasteiger partial charge in [0.05, 0.1) is 23.3 Å². The third kappa shape index (κ3) is 2.66. The van der Waals surface area contributed by atoms with Gasteiger partial charge < -0.3 is 9.30 Å². The second kappa shape index (κ2) is 6.71. The van der Waals surface area contributed by atoms with Crippen LogP contribution in [0.2, 0.25) is 0 Å². The highest BCUT2D eigenvalue weighted by molar-refractivity contribution is 6.16. The number of ether oxygens (including phenoxy) is 1. The number of aromatic nitrogens is 3. The number of carbonyl (C=O) groups is 1. The first-order valence-corrected chi connectivity index (χ1v) is 9.58.